The Morgan fingerprint density at radius 2 is 1.55 bits per heavy atom. The van der Waals surface area contributed by atoms with E-state index in [1.165, 1.54) is 21.9 Å². The molecule has 2 aromatic carbocycles. The van der Waals surface area contributed by atoms with Gasteiger partial charge >= 0.3 is 6.18 Å². The summed E-state index contributed by atoms with van der Waals surface area (Å²) in [5.74, 6) is -1.16. The molecule has 1 amide bonds. The van der Waals surface area contributed by atoms with Crippen LogP contribution >= 0.6 is 0 Å². The molecule has 0 aliphatic carbocycles. The number of ether oxygens (including phenoxy) is 1. The highest BCUT2D eigenvalue weighted by molar-refractivity contribution is 5.98. The molecule has 0 saturated carbocycles. The van der Waals surface area contributed by atoms with Gasteiger partial charge in [-0.2, -0.15) is 13.2 Å². The zero-order chi connectivity index (χ0) is 32.4. The molecule has 44 heavy (non-hydrogen) atoms. The Hall–Kier alpha value is -3.58. The number of carbonyl (C=O) groups excluding carboxylic acids is 1. The van der Waals surface area contributed by atoms with Crippen LogP contribution < -0.4 is 10.2 Å². The van der Waals surface area contributed by atoms with E-state index in [9.17, 15) is 26.7 Å². The second kappa shape index (κ2) is 15.9. The Balaban J connectivity index is 0.00000127. The average Bonchev–Trinajstić information content (AvgIpc) is 3.01. The zero-order valence-corrected chi connectivity index (χ0v) is 25.8. The number of alkyl halides is 3. The van der Waals surface area contributed by atoms with Crippen LogP contribution in [0.15, 0.2) is 36.5 Å². The summed E-state index contributed by atoms with van der Waals surface area (Å²) in [4.78, 5) is 27.7. The molecule has 5 rings (SSSR count). The summed E-state index contributed by atoms with van der Waals surface area (Å²) < 4.78 is 71.5. The third-order valence-electron chi connectivity index (χ3n) is 7.02. The molecule has 0 bridgehead atoms. The Labute approximate surface area is 255 Å². The van der Waals surface area contributed by atoms with Gasteiger partial charge in [-0.1, -0.05) is 27.7 Å². The lowest BCUT2D eigenvalue weighted by Crippen LogP contribution is -2.50. The second-order valence-electron chi connectivity index (χ2n) is 9.97. The molecule has 13 heteroatoms. The maximum atomic E-state index is 13.9. The lowest BCUT2D eigenvalue weighted by atomic mass is 10.0. The fourth-order valence-corrected chi connectivity index (χ4v) is 5.04. The number of rotatable bonds is 6. The molecule has 1 unspecified atom stereocenters. The minimum Gasteiger partial charge on any atom is -0.378 e. The summed E-state index contributed by atoms with van der Waals surface area (Å²) in [6.45, 7) is 11.7. The second-order valence-corrected chi connectivity index (χ2v) is 9.97. The molecule has 0 radical (unpaired) electrons. The van der Waals surface area contributed by atoms with Gasteiger partial charge in [-0.15, -0.1) is 0 Å². The van der Waals surface area contributed by atoms with Gasteiger partial charge in [0.1, 0.15) is 17.5 Å². The molecule has 242 valence electrons. The van der Waals surface area contributed by atoms with Gasteiger partial charge in [-0.05, 0) is 31.2 Å². The van der Waals surface area contributed by atoms with Gasteiger partial charge in [0, 0.05) is 62.1 Å². The molecule has 1 N–H and O–H groups in total. The third-order valence-corrected chi connectivity index (χ3v) is 7.02. The van der Waals surface area contributed by atoms with E-state index >= 15 is 0 Å². The molecule has 8 nitrogen and oxygen atoms in total. The number of nitrogens with zero attached hydrogens (tertiary/aromatic N) is 5. The molecule has 0 spiro atoms. The average molecular weight is 625 g/mol. The molecule has 1 aromatic heterocycles. The zero-order valence-electron chi connectivity index (χ0n) is 25.8. The lowest BCUT2D eigenvalue weighted by molar-refractivity contribution is -0.148. The number of benzene rings is 2. The van der Waals surface area contributed by atoms with Crippen LogP contribution in [0.3, 0.4) is 0 Å². The van der Waals surface area contributed by atoms with Crippen LogP contribution in [-0.4, -0.2) is 90.9 Å². The summed E-state index contributed by atoms with van der Waals surface area (Å²) in [5, 5.41) is 3.08. The van der Waals surface area contributed by atoms with Crippen LogP contribution in [-0.2, 0) is 4.74 Å². The van der Waals surface area contributed by atoms with Gasteiger partial charge in [-0.25, -0.2) is 13.8 Å². The van der Waals surface area contributed by atoms with Gasteiger partial charge in [0.2, 0.25) is 0 Å². The molecule has 2 aliphatic heterocycles. The van der Waals surface area contributed by atoms with Crippen molar-refractivity contribution in [2.75, 3.05) is 69.2 Å². The third kappa shape index (κ3) is 9.21. The van der Waals surface area contributed by atoms with Crippen molar-refractivity contribution in [3.63, 3.8) is 0 Å². The highest BCUT2D eigenvalue weighted by Crippen LogP contribution is 2.30. The highest BCUT2D eigenvalue weighted by atomic mass is 19.4. The monoisotopic (exact) mass is 624 g/mol. The minimum atomic E-state index is -4.30. The van der Waals surface area contributed by atoms with E-state index in [1.807, 2.05) is 32.6 Å². The van der Waals surface area contributed by atoms with E-state index in [0.717, 1.165) is 6.07 Å². The summed E-state index contributed by atoms with van der Waals surface area (Å²) >= 11 is 0. The molecule has 2 saturated heterocycles. The number of nitrogens with one attached hydrogen (secondary N) is 1. The molecule has 2 fully saturated rings. The van der Waals surface area contributed by atoms with E-state index in [0.29, 0.717) is 54.3 Å². The van der Waals surface area contributed by atoms with Crippen molar-refractivity contribution in [1.82, 2.24) is 19.8 Å². The first-order valence-electron chi connectivity index (χ1n) is 15.0. The van der Waals surface area contributed by atoms with Crippen molar-refractivity contribution in [2.45, 2.75) is 46.8 Å². The molecule has 3 heterocycles. The molecular formula is C31H41F5N6O2. The number of fused-ring (bicyclic) bond motifs is 1. The van der Waals surface area contributed by atoms with Crippen LogP contribution in [0.4, 0.5) is 33.5 Å². The number of carbonyl (C=O) groups is 1. The first-order valence-corrected chi connectivity index (χ1v) is 15.0. The van der Waals surface area contributed by atoms with Crippen LogP contribution in [0, 0.1) is 11.6 Å². The smallest absolute Gasteiger partial charge is 0.378 e. The van der Waals surface area contributed by atoms with Crippen LogP contribution in [0.2, 0.25) is 0 Å². The number of morpholine rings is 1. The number of anilines is 2. The van der Waals surface area contributed by atoms with Crippen LogP contribution in [0.25, 0.3) is 11.0 Å². The summed E-state index contributed by atoms with van der Waals surface area (Å²) in [6, 6.07) is 5.86. The highest BCUT2D eigenvalue weighted by Gasteiger charge is 2.33. The number of piperazine rings is 1. The number of amides is 1. The van der Waals surface area contributed by atoms with Gasteiger partial charge in [-0.3, -0.25) is 14.7 Å². The molecular weight excluding hydrogens is 583 g/mol. The number of hydrogen-bond donors (Lipinski definition) is 1. The normalized spacial score (nSPS) is 16.4. The molecule has 2 aliphatic rings. The Kier molecular flexibility index (Phi) is 12.6. The van der Waals surface area contributed by atoms with E-state index < -0.39 is 30.4 Å². The maximum Gasteiger partial charge on any atom is 0.401 e. The van der Waals surface area contributed by atoms with Crippen molar-refractivity contribution >= 4 is 28.4 Å². The minimum absolute atomic E-state index is 0.109. The van der Waals surface area contributed by atoms with Gasteiger partial charge in [0.15, 0.2) is 0 Å². The van der Waals surface area contributed by atoms with E-state index in [-0.39, 0.29) is 37.8 Å². The fraction of sp³-hybridized carbons (Fsp3) is 0.516. The van der Waals surface area contributed by atoms with Crippen molar-refractivity contribution in [2.24, 2.45) is 0 Å². The lowest BCUT2D eigenvalue weighted by Gasteiger charge is -2.35. The summed E-state index contributed by atoms with van der Waals surface area (Å²) in [5.41, 5.74) is 2.08. The number of halogens is 5. The first kappa shape index (κ1) is 34.9. The SMILES string of the molecule is CC.CC.CC(Nc1cc(F)cc(F)c1)c1cc(C(=O)N2CCN(CC(F)(F)F)CC2)cc2ncc(N3CCOCC3)nc12. The predicted octanol–water partition coefficient (Wildman–Crippen LogP) is 6.29. The van der Waals surface area contributed by atoms with E-state index in [1.54, 1.807) is 25.3 Å². The largest absolute Gasteiger partial charge is 0.401 e. The van der Waals surface area contributed by atoms with Crippen molar-refractivity contribution < 1.29 is 31.5 Å². The van der Waals surface area contributed by atoms with Crippen LogP contribution in [0.1, 0.15) is 56.6 Å². The van der Waals surface area contributed by atoms with Gasteiger partial charge < -0.3 is 19.9 Å². The molecule has 3 aromatic rings. The number of aromatic nitrogens is 2. The number of hydrogen-bond acceptors (Lipinski definition) is 7. The Morgan fingerprint density at radius 1 is 0.932 bits per heavy atom. The fourth-order valence-electron chi connectivity index (χ4n) is 5.04. The quantitative estimate of drug-likeness (QED) is 0.323. The summed E-state index contributed by atoms with van der Waals surface area (Å²) in [6.07, 6.45) is -2.67. The van der Waals surface area contributed by atoms with E-state index in [2.05, 4.69) is 10.3 Å². The van der Waals surface area contributed by atoms with Gasteiger partial charge in [0.25, 0.3) is 5.91 Å². The molecule has 1 atom stereocenters. The standard InChI is InChI=1S/C27H29F5N6O2.2C2H6/c1-17(34-21-13-19(28)12-20(29)14-21)22-10-18(26(39)38-4-2-36(3-5-38)16-27(30,31)32)11-23-25(22)35-24(15-33-23)37-6-8-40-9-7-37;2*1-2/h10-15,17,34H,2-9,16H2,1H3;2*1-2H3. The van der Waals surface area contributed by atoms with E-state index in [4.69, 9.17) is 9.72 Å². The topological polar surface area (TPSA) is 73.8 Å². The van der Waals surface area contributed by atoms with Crippen molar-refractivity contribution in [3.05, 3.63) is 59.3 Å². The Bertz CT molecular complexity index is 1360. The van der Waals surface area contributed by atoms with Gasteiger partial charge in [0.05, 0.1) is 43.0 Å². The van der Waals surface area contributed by atoms with Crippen molar-refractivity contribution in [3.8, 4) is 0 Å². The van der Waals surface area contributed by atoms with Crippen molar-refractivity contribution in [1.29, 1.82) is 0 Å². The predicted molar refractivity (Wildman–Crippen MR) is 162 cm³/mol. The Morgan fingerprint density at radius 3 is 2.14 bits per heavy atom. The first-order chi connectivity index (χ1) is 21.1. The van der Waals surface area contributed by atoms with Crippen LogP contribution in [0.5, 0.6) is 0 Å². The maximum absolute atomic E-state index is 13.9. The summed E-state index contributed by atoms with van der Waals surface area (Å²) in [7, 11) is 0.